The Labute approximate surface area is 210 Å². The summed E-state index contributed by atoms with van der Waals surface area (Å²) >= 11 is 0. The Morgan fingerprint density at radius 2 is 1.88 bits per heavy atom. The molecular formula is C23H31F3IN5O. The molecule has 2 heterocycles. The Hall–Kier alpha value is -2.08. The van der Waals surface area contributed by atoms with E-state index in [2.05, 4.69) is 49.8 Å². The van der Waals surface area contributed by atoms with Crippen molar-refractivity contribution in [3.8, 4) is 5.88 Å². The molecule has 0 bridgehead atoms. The minimum absolute atomic E-state index is 0. The number of ether oxygens (including phenoxy) is 1. The van der Waals surface area contributed by atoms with Crippen molar-refractivity contribution in [2.24, 2.45) is 4.99 Å². The number of guanidine groups is 1. The van der Waals surface area contributed by atoms with E-state index in [-0.39, 0.29) is 29.9 Å². The first kappa shape index (κ1) is 27.2. The normalized spacial score (nSPS) is 15.6. The highest BCUT2D eigenvalue weighted by Gasteiger charge is 2.28. The van der Waals surface area contributed by atoms with Crippen molar-refractivity contribution in [2.75, 3.05) is 26.2 Å². The number of rotatable bonds is 8. The molecular weight excluding hydrogens is 546 g/mol. The van der Waals surface area contributed by atoms with Gasteiger partial charge < -0.3 is 15.4 Å². The van der Waals surface area contributed by atoms with Gasteiger partial charge in [-0.2, -0.15) is 13.2 Å². The number of halogens is 4. The summed E-state index contributed by atoms with van der Waals surface area (Å²) in [5, 5.41) is 6.73. The van der Waals surface area contributed by atoms with Gasteiger partial charge in [0.15, 0.2) is 12.6 Å². The standard InChI is InChI=1S/C23H30F3N5O.HI/c1-2-27-22(29-15-19-8-11-28-21(14-19)32-17-23(24,25)26)30-20-9-12-31(13-10-20)16-18-6-4-3-5-7-18;/h3-8,11,14,20H,2,9-10,12-13,15-17H2,1H3,(H2,27,29,30);1H. The molecule has 0 amide bonds. The molecule has 0 radical (unpaired) electrons. The van der Waals surface area contributed by atoms with E-state index in [0.717, 1.165) is 44.6 Å². The molecule has 10 heteroatoms. The van der Waals surface area contributed by atoms with E-state index in [9.17, 15) is 13.2 Å². The van der Waals surface area contributed by atoms with Crippen molar-refractivity contribution in [2.45, 2.75) is 45.1 Å². The van der Waals surface area contributed by atoms with E-state index >= 15 is 0 Å². The van der Waals surface area contributed by atoms with Crippen LogP contribution in [0, 0.1) is 0 Å². The fourth-order valence-corrected chi connectivity index (χ4v) is 3.54. The van der Waals surface area contributed by atoms with Gasteiger partial charge in [0, 0.05) is 44.5 Å². The number of piperidine rings is 1. The summed E-state index contributed by atoms with van der Waals surface area (Å²) in [6, 6.07) is 14.0. The number of pyridine rings is 1. The lowest BCUT2D eigenvalue weighted by molar-refractivity contribution is -0.154. The van der Waals surface area contributed by atoms with Crippen molar-refractivity contribution in [1.82, 2.24) is 20.5 Å². The lowest BCUT2D eigenvalue weighted by atomic mass is 10.0. The van der Waals surface area contributed by atoms with Crippen molar-refractivity contribution in [1.29, 1.82) is 0 Å². The van der Waals surface area contributed by atoms with Crippen LogP contribution in [-0.4, -0.2) is 54.3 Å². The first-order valence-electron chi connectivity index (χ1n) is 10.9. The molecule has 1 aromatic carbocycles. The Bertz CT molecular complexity index is 859. The maximum absolute atomic E-state index is 12.3. The number of nitrogens with one attached hydrogen (secondary N) is 2. The first-order valence-corrected chi connectivity index (χ1v) is 10.9. The number of benzene rings is 1. The Morgan fingerprint density at radius 3 is 2.55 bits per heavy atom. The molecule has 3 rings (SSSR count). The van der Waals surface area contributed by atoms with Crippen LogP contribution in [0.5, 0.6) is 5.88 Å². The Balaban J connectivity index is 0.00000385. The highest BCUT2D eigenvalue weighted by atomic mass is 127. The van der Waals surface area contributed by atoms with Gasteiger partial charge >= 0.3 is 6.18 Å². The smallest absolute Gasteiger partial charge is 0.422 e. The third-order valence-electron chi connectivity index (χ3n) is 5.12. The molecule has 0 atom stereocenters. The van der Waals surface area contributed by atoms with Gasteiger partial charge in [-0.3, -0.25) is 4.90 Å². The third-order valence-corrected chi connectivity index (χ3v) is 5.12. The van der Waals surface area contributed by atoms with Crippen LogP contribution in [0.15, 0.2) is 53.7 Å². The maximum atomic E-state index is 12.3. The average molecular weight is 577 g/mol. The molecule has 1 aromatic heterocycles. The highest BCUT2D eigenvalue weighted by Crippen LogP contribution is 2.18. The molecule has 6 nitrogen and oxygen atoms in total. The summed E-state index contributed by atoms with van der Waals surface area (Å²) < 4.78 is 41.7. The number of aromatic nitrogens is 1. The maximum Gasteiger partial charge on any atom is 0.422 e. The van der Waals surface area contributed by atoms with Crippen molar-refractivity contribution in [3.63, 3.8) is 0 Å². The fourth-order valence-electron chi connectivity index (χ4n) is 3.54. The summed E-state index contributed by atoms with van der Waals surface area (Å²) in [5.74, 6) is 0.641. The van der Waals surface area contributed by atoms with Crippen LogP contribution in [-0.2, 0) is 13.1 Å². The first-order chi connectivity index (χ1) is 15.4. The van der Waals surface area contributed by atoms with E-state index in [1.54, 1.807) is 6.07 Å². The number of alkyl halides is 3. The predicted molar refractivity (Wildman–Crippen MR) is 134 cm³/mol. The predicted octanol–water partition coefficient (Wildman–Crippen LogP) is 4.36. The summed E-state index contributed by atoms with van der Waals surface area (Å²) in [6.07, 6.45) is -0.933. The van der Waals surface area contributed by atoms with Gasteiger partial charge in [-0.05, 0) is 37.0 Å². The van der Waals surface area contributed by atoms with Gasteiger partial charge in [0.05, 0.1) is 6.54 Å². The zero-order valence-corrected chi connectivity index (χ0v) is 21.0. The summed E-state index contributed by atoms with van der Waals surface area (Å²) in [4.78, 5) is 10.9. The van der Waals surface area contributed by atoms with Gasteiger partial charge in [-0.15, -0.1) is 24.0 Å². The molecule has 0 aliphatic carbocycles. The Kier molecular flexibility index (Phi) is 11.2. The van der Waals surface area contributed by atoms with Gasteiger partial charge in [0.25, 0.3) is 0 Å². The van der Waals surface area contributed by atoms with Crippen LogP contribution in [0.4, 0.5) is 13.2 Å². The van der Waals surface area contributed by atoms with Crippen molar-refractivity contribution >= 4 is 29.9 Å². The second-order valence-corrected chi connectivity index (χ2v) is 7.78. The Morgan fingerprint density at radius 1 is 1.15 bits per heavy atom. The quantitative estimate of drug-likeness (QED) is 0.278. The molecule has 2 N–H and O–H groups in total. The van der Waals surface area contributed by atoms with Crippen LogP contribution in [0.3, 0.4) is 0 Å². The lowest BCUT2D eigenvalue weighted by Crippen LogP contribution is -2.48. The fraction of sp³-hybridized carbons (Fsp3) is 0.478. The van der Waals surface area contributed by atoms with E-state index in [1.807, 2.05) is 13.0 Å². The van der Waals surface area contributed by atoms with Crippen LogP contribution in [0.25, 0.3) is 0 Å². The van der Waals surface area contributed by atoms with Crippen LogP contribution < -0.4 is 15.4 Å². The molecule has 0 spiro atoms. The highest BCUT2D eigenvalue weighted by molar-refractivity contribution is 14.0. The van der Waals surface area contributed by atoms with Gasteiger partial charge in [-0.25, -0.2) is 9.98 Å². The summed E-state index contributed by atoms with van der Waals surface area (Å²) in [6.45, 7) is 4.64. The summed E-state index contributed by atoms with van der Waals surface area (Å²) in [5.41, 5.74) is 2.05. The van der Waals surface area contributed by atoms with E-state index in [1.165, 1.54) is 17.8 Å². The molecule has 1 aliphatic heterocycles. The van der Waals surface area contributed by atoms with Crippen LogP contribution in [0.2, 0.25) is 0 Å². The van der Waals surface area contributed by atoms with E-state index in [0.29, 0.717) is 18.5 Å². The number of hydrogen-bond donors (Lipinski definition) is 2. The second kappa shape index (κ2) is 13.6. The molecule has 1 fully saturated rings. The van der Waals surface area contributed by atoms with Crippen LogP contribution >= 0.6 is 24.0 Å². The molecule has 33 heavy (non-hydrogen) atoms. The van der Waals surface area contributed by atoms with Crippen molar-refractivity contribution < 1.29 is 17.9 Å². The number of likely N-dealkylation sites (tertiary alicyclic amines) is 1. The molecule has 2 aromatic rings. The lowest BCUT2D eigenvalue weighted by Gasteiger charge is -2.33. The topological polar surface area (TPSA) is 61.8 Å². The molecule has 1 aliphatic rings. The van der Waals surface area contributed by atoms with Crippen LogP contribution in [0.1, 0.15) is 30.9 Å². The third kappa shape index (κ3) is 10.2. The van der Waals surface area contributed by atoms with Gasteiger partial charge in [-0.1, -0.05) is 30.3 Å². The summed E-state index contributed by atoms with van der Waals surface area (Å²) in [7, 11) is 0. The zero-order valence-electron chi connectivity index (χ0n) is 18.6. The molecule has 0 saturated carbocycles. The zero-order chi connectivity index (χ0) is 22.8. The van der Waals surface area contributed by atoms with Crippen molar-refractivity contribution in [3.05, 3.63) is 59.8 Å². The van der Waals surface area contributed by atoms with Gasteiger partial charge in [0.1, 0.15) is 0 Å². The number of aliphatic imine (C=N–C) groups is 1. The molecule has 1 saturated heterocycles. The minimum Gasteiger partial charge on any atom is -0.468 e. The van der Waals surface area contributed by atoms with E-state index < -0.39 is 12.8 Å². The molecule has 182 valence electrons. The number of nitrogens with zero attached hydrogens (tertiary/aromatic N) is 3. The second-order valence-electron chi connectivity index (χ2n) is 7.78. The minimum atomic E-state index is -4.39. The average Bonchev–Trinajstić information content (AvgIpc) is 2.78. The van der Waals surface area contributed by atoms with E-state index in [4.69, 9.17) is 4.74 Å². The van der Waals surface area contributed by atoms with Gasteiger partial charge in [0.2, 0.25) is 5.88 Å². The number of hydrogen-bond acceptors (Lipinski definition) is 4. The largest absolute Gasteiger partial charge is 0.468 e. The molecule has 0 unspecified atom stereocenters. The monoisotopic (exact) mass is 577 g/mol. The SMILES string of the molecule is CCNC(=NCc1ccnc(OCC(F)(F)F)c1)NC1CCN(Cc2ccccc2)CC1.I.